The third-order valence-electron chi connectivity index (χ3n) is 5.85. The Balaban J connectivity index is 1.54. The zero-order chi connectivity index (χ0) is 21.6. The summed E-state index contributed by atoms with van der Waals surface area (Å²) in [6, 6.07) is 16.2. The van der Waals surface area contributed by atoms with Crippen LogP contribution in [0.25, 0.3) is 10.9 Å². The molecule has 3 aromatic rings. The summed E-state index contributed by atoms with van der Waals surface area (Å²) < 4.78 is 13.2. The SMILES string of the molecule is COc1cccc2c(C(=O)N[C@@H](C)Cc3ccccc3)cn(CCN3CCOCC3)c12. The number of carbonyl (C=O) groups excluding carboxylic acids is 1. The van der Waals surface area contributed by atoms with Gasteiger partial charge in [0, 0.05) is 43.8 Å². The molecule has 0 radical (unpaired) electrons. The Morgan fingerprint density at radius 2 is 1.87 bits per heavy atom. The summed E-state index contributed by atoms with van der Waals surface area (Å²) >= 11 is 0. The molecular weight excluding hydrogens is 390 g/mol. The van der Waals surface area contributed by atoms with E-state index >= 15 is 0 Å². The van der Waals surface area contributed by atoms with E-state index in [2.05, 4.69) is 26.9 Å². The van der Waals surface area contributed by atoms with Gasteiger partial charge >= 0.3 is 0 Å². The average molecular weight is 422 g/mol. The van der Waals surface area contributed by atoms with Gasteiger partial charge in [-0.25, -0.2) is 0 Å². The maximum Gasteiger partial charge on any atom is 0.253 e. The molecule has 1 amide bonds. The van der Waals surface area contributed by atoms with E-state index in [9.17, 15) is 4.79 Å². The Morgan fingerprint density at radius 3 is 2.61 bits per heavy atom. The highest BCUT2D eigenvalue weighted by molar-refractivity contribution is 6.08. The Labute approximate surface area is 183 Å². The molecule has 0 saturated carbocycles. The number of para-hydroxylation sites is 1. The zero-order valence-electron chi connectivity index (χ0n) is 18.3. The highest BCUT2D eigenvalue weighted by atomic mass is 16.5. The Bertz CT molecular complexity index is 1010. The van der Waals surface area contributed by atoms with Gasteiger partial charge in [-0.1, -0.05) is 42.5 Å². The topological polar surface area (TPSA) is 55.7 Å². The van der Waals surface area contributed by atoms with Gasteiger partial charge in [0.25, 0.3) is 5.91 Å². The lowest BCUT2D eigenvalue weighted by atomic mass is 10.1. The lowest BCUT2D eigenvalue weighted by molar-refractivity contribution is 0.0365. The lowest BCUT2D eigenvalue weighted by Gasteiger charge is -2.26. The number of methoxy groups -OCH3 is 1. The predicted molar refractivity (Wildman–Crippen MR) is 123 cm³/mol. The van der Waals surface area contributed by atoms with Gasteiger partial charge < -0.3 is 19.4 Å². The van der Waals surface area contributed by atoms with Crippen molar-refractivity contribution in [3.8, 4) is 5.75 Å². The molecule has 6 nitrogen and oxygen atoms in total. The van der Waals surface area contributed by atoms with Crippen LogP contribution in [0.2, 0.25) is 0 Å². The van der Waals surface area contributed by atoms with Crippen molar-refractivity contribution in [2.45, 2.75) is 25.9 Å². The molecule has 2 heterocycles. The number of carbonyl (C=O) groups is 1. The maximum atomic E-state index is 13.2. The molecule has 0 bridgehead atoms. The van der Waals surface area contributed by atoms with Crippen LogP contribution in [0.1, 0.15) is 22.8 Å². The largest absolute Gasteiger partial charge is 0.495 e. The summed E-state index contributed by atoms with van der Waals surface area (Å²) in [6.07, 6.45) is 2.77. The van der Waals surface area contributed by atoms with Crippen LogP contribution >= 0.6 is 0 Å². The molecule has 4 rings (SSSR count). The quantitative estimate of drug-likeness (QED) is 0.606. The monoisotopic (exact) mass is 421 g/mol. The molecule has 31 heavy (non-hydrogen) atoms. The van der Waals surface area contributed by atoms with E-state index in [1.165, 1.54) is 5.56 Å². The lowest BCUT2D eigenvalue weighted by Crippen LogP contribution is -2.38. The molecule has 0 unspecified atom stereocenters. The second-order valence-electron chi connectivity index (χ2n) is 8.11. The van der Waals surface area contributed by atoms with Crippen LogP contribution in [0.4, 0.5) is 0 Å². The predicted octanol–water partition coefficient (Wildman–Crippen LogP) is 3.34. The highest BCUT2D eigenvalue weighted by Gasteiger charge is 2.20. The summed E-state index contributed by atoms with van der Waals surface area (Å²) in [6.45, 7) is 7.20. The molecule has 0 spiro atoms. The molecule has 0 aliphatic carbocycles. The number of rotatable bonds is 8. The molecule has 1 aromatic heterocycles. The standard InChI is InChI=1S/C25H31N3O3/c1-19(17-20-7-4-3-5-8-20)26-25(29)22-18-28(12-11-27-13-15-31-16-14-27)24-21(22)9-6-10-23(24)30-2/h3-10,18-19H,11-17H2,1-2H3,(H,26,29)/t19-/m0/s1. The Morgan fingerprint density at radius 1 is 1.10 bits per heavy atom. The van der Waals surface area contributed by atoms with Gasteiger partial charge in [-0.05, 0) is 25.0 Å². The summed E-state index contributed by atoms with van der Waals surface area (Å²) in [5, 5.41) is 4.10. The number of morpholine rings is 1. The van der Waals surface area contributed by atoms with Crippen molar-refractivity contribution in [2.75, 3.05) is 40.0 Å². The van der Waals surface area contributed by atoms with Gasteiger partial charge in [0.15, 0.2) is 0 Å². The molecule has 1 aliphatic heterocycles. The summed E-state index contributed by atoms with van der Waals surface area (Å²) in [4.78, 5) is 15.6. The van der Waals surface area contributed by atoms with Gasteiger partial charge in [0.2, 0.25) is 0 Å². The minimum atomic E-state index is -0.0493. The van der Waals surface area contributed by atoms with Crippen LogP contribution in [-0.4, -0.2) is 61.4 Å². The minimum absolute atomic E-state index is 0.0345. The number of fused-ring (bicyclic) bond motifs is 1. The number of nitrogens with one attached hydrogen (secondary N) is 1. The van der Waals surface area contributed by atoms with Crippen LogP contribution in [0.15, 0.2) is 54.7 Å². The van der Waals surface area contributed by atoms with Gasteiger partial charge in [0.05, 0.1) is 31.4 Å². The third kappa shape index (κ3) is 5.09. The number of aromatic nitrogens is 1. The molecule has 1 aliphatic rings. The van der Waals surface area contributed by atoms with Crippen molar-refractivity contribution in [1.82, 2.24) is 14.8 Å². The van der Waals surface area contributed by atoms with E-state index in [0.29, 0.717) is 5.56 Å². The molecule has 1 N–H and O–H groups in total. The first kappa shape index (κ1) is 21.4. The Hall–Kier alpha value is -2.83. The number of hydrogen-bond donors (Lipinski definition) is 1. The molecule has 1 saturated heterocycles. The first-order valence-electron chi connectivity index (χ1n) is 11.0. The molecule has 1 fully saturated rings. The van der Waals surface area contributed by atoms with E-state index in [0.717, 1.165) is 62.5 Å². The molecule has 6 heteroatoms. The average Bonchev–Trinajstić information content (AvgIpc) is 3.18. The van der Waals surface area contributed by atoms with E-state index in [4.69, 9.17) is 9.47 Å². The maximum absolute atomic E-state index is 13.2. The molecule has 2 aromatic carbocycles. The van der Waals surface area contributed by atoms with Crippen LogP contribution in [0.3, 0.4) is 0 Å². The molecule has 1 atom stereocenters. The fraction of sp³-hybridized carbons (Fsp3) is 0.400. The molecule has 164 valence electrons. The van der Waals surface area contributed by atoms with Crippen molar-refractivity contribution >= 4 is 16.8 Å². The summed E-state index contributed by atoms with van der Waals surface area (Å²) in [7, 11) is 1.68. The van der Waals surface area contributed by atoms with E-state index in [1.807, 2.05) is 49.5 Å². The fourth-order valence-corrected chi connectivity index (χ4v) is 4.24. The minimum Gasteiger partial charge on any atom is -0.495 e. The number of ether oxygens (including phenoxy) is 2. The van der Waals surface area contributed by atoms with Gasteiger partial charge in [-0.15, -0.1) is 0 Å². The third-order valence-corrected chi connectivity index (χ3v) is 5.85. The fourth-order valence-electron chi connectivity index (χ4n) is 4.24. The van der Waals surface area contributed by atoms with E-state index < -0.39 is 0 Å². The Kier molecular flexibility index (Phi) is 6.89. The summed E-state index contributed by atoms with van der Waals surface area (Å²) in [5.41, 5.74) is 2.87. The normalized spacial score (nSPS) is 15.7. The first-order chi connectivity index (χ1) is 15.2. The number of nitrogens with zero attached hydrogens (tertiary/aromatic N) is 2. The van der Waals surface area contributed by atoms with Crippen LogP contribution in [0.5, 0.6) is 5.75 Å². The van der Waals surface area contributed by atoms with E-state index in [-0.39, 0.29) is 11.9 Å². The number of amides is 1. The van der Waals surface area contributed by atoms with Gasteiger partial charge in [-0.3, -0.25) is 9.69 Å². The first-order valence-corrected chi connectivity index (χ1v) is 11.0. The van der Waals surface area contributed by atoms with Crippen LogP contribution < -0.4 is 10.1 Å². The molecular formula is C25H31N3O3. The van der Waals surface area contributed by atoms with Crippen molar-refractivity contribution < 1.29 is 14.3 Å². The van der Waals surface area contributed by atoms with Crippen LogP contribution in [-0.2, 0) is 17.7 Å². The second kappa shape index (κ2) is 9.98. The van der Waals surface area contributed by atoms with Crippen LogP contribution in [0, 0.1) is 0 Å². The number of benzene rings is 2. The number of hydrogen-bond acceptors (Lipinski definition) is 4. The van der Waals surface area contributed by atoms with Crippen molar-refractivity contribution in [3.05, 3.63) is 65.9 Å². The van der Waals surface area contributed by atoms with Gasteiger partial charge in [0.1, 0.15) is 5.75 Å². The van der Waals surface area contributed by atoms with Crippen molar-refractivity contribution in [1.29, 1.82) is 0 Å². The smallest absolute Gasteiger partial charge is 0.253 e. The van der Waals surface area contributed by atoms with Gasteiger partial charge in [-0.2, -0.15) is 0 Å². The highest BCUT2D eigenvalue weighted by Crippen LogP contribution is 2.30. The van der Waals surface area contributed by atoms with E-state index in [1.54, 1.807) is 7.11 Å². The van der Waals surface area contributed by atoms with Crippen molar-refractivity contribution in [3.63, 3.8) is 0 Å². The second-order valence-corrected chi connectivity index (χ2v) is 8.11. The zero-order valence-corrected chi connectivity index (χ0v) is 18.3. The summed E-state index contributed by atoms with van der Waals surface area (Å²) in [5.74, 6) is 0.739. The van der Waals surface area contributed by atoms with Crippen molar-refractivity contribution in [2.24, 2.45) is 0 Å².